The summed E-state index contributed by atoms with van der Waals surface area (Å²) in [5, 5.41) is 3.49. The molecule has 1 aromatic carbocycles. The fraction of sp³-hybridized carbons (Fsp3) is 0.562. The summed E-state index contributed by atoms with van der Waals surface area (Å²) in [6.45, 7) is 5.26. The molecule has 1 aliphatic heterocycles. The number of benzene rings is 1. The van der Waals surface area contributed by atoms with Crippen molar-refractivity contribution in [2.75, 3.05) is 6.54 Å². The van der Waals surface area contributed by atoms with Gasteiger partial charge in [-0.05, 0) is 56.8 Å². The normalized spacial score (nSPS) is 19.8. The number of carbonyl (C=O) groups excluding carboxylic acids is 1. The Morgan fingerprint density at radius 3 is 2.78 bits per heavy atom. The molecule has 0 aliphatic carbocycles. The molecule has 2 nitrogen and oxygen atoms in total. The third-order valence-electron chi connectivity index (χ3n) is 3.96. The van der Waals surface area contributed by atoms with Gasteiger partial charge in [0.2, 0.25) is 0 Å². The quantitative estimate of drug-likeness (QED) is 0.824. The molecule has 1 aromatic rings. The van der Waals surface area contributed by atoms with Crippen LogP contribution in [0.3, 0.4) is 0 Å². The van der Waals surface area contributed by atoms with Crippen molar-refractivity contribution >= 4 is 5.78 Å². The number of rotatable bonds is 4. The molecule has 1 saturated heterocycles. The molecule has 2 heteroatoms. The highest BCUT2D eigenvalue weighted by atomic mass is 16.1. The first-order valence-corrected chi connectivity index (χ1v) is 7.00. The smallest absolute Gasteiger partial charge is 0.162 e. The zero-order valence-corrected chi connectivity index (χ0v) is 11.5. The van der Waals surface area contributed by atoms with Crippen molar-refractivity contribution in [3.05, 3.63) is 34.9 Å². The Hall–Kier alpha value is -1.15. The van der Waals surface area contributed by atoms with Crippen LogP contribution in [-0.4, -0.2) is 18.4 Å². The van der Waals surface area contributed by atoms with Gasteiger partial charge in [0.15, 0.2) is 5.78 Å². The van der Waals surface area contributed by atoms with E-state index in [1.54, 1.807) is 0 Å². The number of nitrogens with one attached hydrogen (secondary N) is 1. The molecule has 18 heavy (non-hydrogen) atoms. The van der Waals surface area contributed by atoms with E-state index >= 15 is 0 Å². The first kappa shape index (κ1) is 13.3. The van der Waals surface area contributed by atoms with Gasteiger partial charge in [0.05, 0.1) is 0 Å². The number of hydrogen-bond acceptors (Lipinski definition) is 2. The SMILES string of the molecule is Cc1ccc(C(=O)CCC2CCCCN2)cc1C. The summed E-state index contributed by atoms with van der Waals surface area (Å²) in [5.74, 6) is 0.283. The Labute approximate surface area is 110 Å². The summed E-state index contributed by atoms with van der Waals surface area (Å²) in [7, 11) is 0. The summed E-state index contributed by atoms with van der Waals surface area (Å²) in [4.78, 5) is 12.1. The molecular formula is C16H23NO. The maximum atomic E-state index is 12.1. The Morgan fingerprint density at radius 2 is 2.11 bits per heavy atom. The lowest BCUT2D eigenvalue weighted by Crippen LogP contribution is -2.34. The monoisotopic (exact) mass is 245 g/mol. The van der Waals surface area contributed by atoms with Crippen LogP contribution in [0.4, 0.5) is 0 Å². The average Bonchev–Trinajstić information content (AvgIpc) is 2.40. The topological polar surface area (TPSA) is 29.1 Å². The molecule has 1 aliphatic rings. The van der Waals surface area contributed by atoms with Crippen LogP contribution in [0.15, 0.2) is 18.2 Å². The summed E-state index contributed by atoms with van der Waals surface area (Å²) in [5.41, 5.74) is 3.33. The van der Waals surface area contributed by atoms with Crippen LogP contribution < -0.4 is 5.32 Å². The molecule has 0 bridgehead atoms. The lowest BCUT2D eigenvalue weighted by Gasteiger charge is -2.23. The number of carbonyl (C=O) groups is 1. The maximum Gasteiger partial charge on any atom is 0.162 e. The highest BCUT2D eigenvalue weighted by molar-refractivity contribution is 5.96. The van der Waals surface area contributed by atoms with Gasteiger partial charge >= 0.3 is 0 Å². The second-order valence-corrected chi connectivity index (χ2v) is 5.41. The molecule has 0 amide bonds. The predicted molar refractivity (Wildman–Crippen MR) is 75.1 cm³/mol. The number of hydrogen-bond donors (Lipinski definition) is 1. The zero-order valence-electron chi connectivity index (χ0n) is 11.5. The minimum Gasteiger partial charge on any atom is -0.314 e. The molecule has 1 heterocycles. The van der Waals surface area contributed by atoms with Crippen LogP contribution in [0.25, 0.3) is 0 Å². The highest BCUT2D eigenvalue weighted by Crippen LogP contribution is 2.16. The van der Waals surface area contributed by atoms with Crippen LogP contribution in [0.2, 0.25) is 0 Å². The van der Waals surface area contributed by atoms with Crippen molar-refractivity contribution in [2.45, 2.75) is 52.0 Å². The van der Waals surface area contributed by atoms with Gasteiger partial charge in [0.25, 0.3) is 0 Å². The molecule has 1 N–H and O–H groups in total. The van der Waals surface area contributed by atoms with E-state index in [9.17, 15) is 4.79 Å². The van der Waals surface area contributed by atoms with Crippen LogP contribution >= 0.6 is 0 Å². The first-order chi connectivity index (χ1) is 8.66. The third kappa shape index (κ3) is 3.42. The van der Waals surface area contributed by atoms with Crippen molar-refractivity contribution in [3.8, 4) is 0 Å². The van der Waals surface area contributed by atoms with Gasteiger partial charge in [-0.25, -0.2) is 0 Å². The van der Waals surface area contributed by atoms with E-state index in [1.807, 2.05) is 18.2 Å². The fourth-order valence-electron chi connectivity index (χ4n) is 2.53. The highest BCUT2D eigenvalue weighted by Gasteiger charge is 2.15. The van der Waals surface area contributed by atoms with Gasteiger partial charge in [-0.3, -0.25) is 4.79 Å². The number of ketones is 1. The molecule has 0 aromatic heterocycles. The Bertz CT molecular complexity index is 419. The van der Waals surface area contributed by atoms with Crippen molar-refractivity contribution in [3.63, 3.8) is 0 Å². The van der Waals surface area contributed by atoms with E-state index in [0.29, 0.717) is 12.5 Å². The number of piperidine rings is 1. The summed E-state index contributed by atoms with van der Waals surface area (Å²) >= 11 is 0. The second-order valence-electron chi connectivity index (χ2n) is 5.41. The molecule has 0 saturated carbocycles. The van der Waals surface area contributed by atoms with Gasteiger partial charge in [0, 0.05) is 18.0 Å². The van der Waals surface area contributed by atoms with Gasteiger partial charge < -0.3 is 5.32 Å². The van der Waals surface area contributed by atoms with Crippen molar-refractivity contribution < 1.29 is 4.79 Å². The number of Topliss-reactive ketones (excluding diaryl/α,β-unsaturated/α-hetero) is 1. The summed E-state index contributed by atoms with van der Waals surface area (Å²) in [6, 6.07) is 6.57. The van der Waals surface area contributed by atoms with Crippen LogP contribution in [0, 0.1) is 13.8 Å². The minimum atomic E-state index is 0.283. The fourth-order valence-corrected chi connectivity index (χ4v) is 2.53. The van der Waals surface area contributed by atoms with Crippen molar-refractivity contribution in [1.29, 1.82) is 0 Å². The van der Waals surface area contributed by atoms with Crippen LogP contribution in [0.5, 0.6) is 0 Å². The van der Waals surface area contributed by atoms with E-state index < -0.39 is 0 Å². The third-order valence-corrected chi connectivity index (χ3v) is 3.96. The van der Waals surface area contributed by atoms with Gasteiger partial charge in [0.1, 0.15) is 0 Å². The molecule has 1 fully saturated rings. The van der Waals surface area contributed by atoms with Gasteiger partial charge in [-0.15, -0.1) is 0 Å². The van der Waals surface area contributed by atoms with Crippen LogP contribution in [0.1, 0.15) is 53.6 Å². The maximum absolute atomic E-state index is 12.1. The number of aryl methyl sites for hydroxylation is 2. The van der Waals surface area contributed by atoms with E-state index in [-0.39, 0.29) is 5.78 Å². The lowest BCUT2D eigenvalue weighted by molar-refractivity contribution is 0.0974. The second kappa shape index (κ2) is 6.14. The summed E-state index contributed by atoms with van der Waals surface area (Å²) in [6.07, 6.45) is 5.45. The van der Waals surface area contributed by atoms with Gasteiger partial charge in [-0.1, -0.05) is 18.6 Å². The summed E-state index contributed by atoms with van der Waals surface area (Å²) < 4.78 is 0. The molecule has 2 rings (SSSR count). The lowest BCUT2D eigenvalue weighted by atomic mass is 9.96. The molecule has 0 radical (unpaired) electrons. The molecular weight excluding hydrogens is 222 g/mol. The Morgan fingerprint density at radius 1 is 1.28 bits per heavy atom. The first-order valence-electron chi connectivity index (χ1n) is 7.00. The average molecular weight is 245 g/mol. The van der Waals surface area contributed by atoms with Crippen molar-refractivity contribution in [1.82, 2.24) is 5.32 Å². The zero-order chi connectivity index (χ0) is 13.0. The van der Waals surface area contributed by atoms with Gasteiger partial charge in [-0.2, -0.15) is 0 Å². The Balaban J connectivity index is 1.88. The van der Waals surface area contributed by atoms with E-state index in [0.717, 1.165) is 18.5 Å². The van der Waals surface area contributed by atoms with E-state index in [4.69, 9.17) is 0 Å². The minimum absolute atomic E-state index is 0.283. The standard InChI is InChI=1S/C16H23NO/c1-12-6-7-14(11-13(12)2)16(18)9-8-15-5-3-4-10-17-15/h6-7,11,15,17H,3-5,8-10H2,1-2H3. The van der Waals surface area contributed by atoms with Crippen molar-refractivity contribution in [2.24, 2.45) is 0 Å². The molecule has 98 valence electrons. The van der Waals surface area contributed by atoms with Crippen LogP contribution in [-0.2, 0) is 0 Å². The molecule has 1 atom stereocenters. The largest absolute Gasteiger partial charge is 0.314 e. The molecule has 1 unspecified atom stereocenters. The predicted octanol–water partition coefficient (Wildman–Crippen LogP) is 3.41. The molecule has 0 spiro atoms. The van der Waals surface area contributed by atoms with E-state index in [2.05, 4.69) is 19.2 Å². The van der Waals surface area contributed by atoms with E-state index in [1.165, 1.54) is 30.4 Å². The Kier molecular flexibility index (Phi) is 4.54.